The van der Waals surface area contributed by atoms with E-state index in [1.54, 1.807) is 0 Å². The summed E-state index contributed by atoms with van der Waals surface area (Å²) in [7, 11) is 1.86. The number of pyridine rings is 1. The van der Waals surface area contributed by atoms with Crippen LogP contribution in [0.1, 0.15) is 13.8 Å². The molecular weight excluding hydrogens is 190 g/mol. The summed E-state index contributed by atoms with van der Waals surface area (Å²) >= 11 is 0. The molecule has 0 saturated carbocycles. The third kappa shape index (κ3) is 4.16. The molecule has 15 heavy (non-hydrogen) atoms. The van der Waals surface area contributed by atoms with Gasteiger partial charge in [-0.25, -0.2) is 4.98 Å². The molecule has 0 fully saturated rings. The quantitative estimate of drug-likeness (QED) is 0.752. The fraction of sp³-hybridized carbons (Fsp3) is 0.545. The fourth-order valence-corrected chi connectivity index (χ4v) is 1.24. The topological polar surface area (TPSA) is 46.2 Å². The fourth-order valence-electron chi connectivity index (χ4n) is 1.24. The maximum Gasteiger partial charge on any atom is 0.128 e. The number of anilines is 2. The highest BCUT2D eigenvalue weighted by Crippen LogP contribution is 2.09. The molecule has 0 bridgehead atoms. The maximum absolute atomic E-state index is 5.32. The Morgan fingerprint density at radius 1 is 1.40 bits per heavy atom. The third-order valence-corrected chi connectivity index (χ3v) is 1.97. The van der Waals surface area contributed by atoms with Crippen molar-refractivity contribution in [2.45, 2.75) is 19.9 Å². The minimum absolute atomic E-state index is 0.268. The molecule has 84 valence electrons. The number of nitrogens with zero attached hydrogens (tertiary/aromatic N) is 1. The van der Waals surface area contributed by atoms with Crippen molar-refractivity contribution in [3.05, 3.63) is 18.2 Å². The van der Waals surface area contributed by atoms with Gasteiger partial charge in [0.1, 0.15) is 11.6 Å². The predicted octanol–water partition coefficient (Wildman–Crippen LogP) is 1.96. The Bertz CT molecular complexity index is 291. The third-order valence-electron chi connectivity index (χ3n) is 1.97. The highest BCUT2D eigenvalue weighted by atomic mass is 16.5. The number of aromatic nitrogens is 1. The van der Waals surface area contributed by atoms with Crippen molar-refractivity contribution in [1.82, 2.24) is 4.98 Å². The summed E-state index contributed by atoms with van der Waals surface area (Å²) in [5, 5.41) is 6.28. The molecule has 1 unspecified atom stereocenters. The minimum atomic E-state index is 0.268. The minimum Gasteiger partial charge on any atom is -0.380 e. The van der Waals surface area contributed by atoms with Gasteiger partial charge < -0.3 is 15.4 Å². The second kappa shape index (κ2) is 6.24. The van der Waals surface area contributed by atoms with E-state index < -0.39 is 0 Å². The molecule has 0 aliphatic heterocycles. The first-order valence-corrected chi connectivity index (χ1v) is 5.25. The number of ether oxygens (including phenoxy) is 1. The van der Waals surface area contributed by atoms with Crippen molar-refractivity contribution in [2.75, 3.05) is 30.9 Å². The Labute approximate surface area is 91.1 Å². The lowest BCUT2D eigenvalue weighted by molar-refractivity contribution is 0.141. The molecule has 2 N–H and O–H groups in total. The van der Waals surface area contributed by atoms with Gasteiger partial charge >= 0.3 is 0 Å². The number of rotatable bonds is 6. The molecule has 1 atom stereocenters. The second-order valence-electron chi connectivity index (χ2n) is 3.36. The van der Waals surface area contributed by atoms with Crippen LogP contribution in [-0.4, -0.2) is 31.3 Å². The Kier molecular flexibility index (Phi) is 4.90. The van der Waals surface area contributed by atoms with Gasteiger partial charge in [0.05, 0.1) is 6.61 Å². The van der Waals surface area contributed by atoms with Gasteiger partial charge in [-0.2, -0.15) is 0 Å². The molecule has 1 aromatic rings. The van der Waals surface area contributed by atoms with Crippen molar-refractivity contribution in [1.29, 1.82) is 0 Å². The Balaban J connectivity index is 2.48. The SMILES string of the molecule is CCOCC(C)Nc1cccc(NC)n1. The van der Waals surface area contributed by atoms with E-state index in [4.69, 9.17) is 4.74 Å². The molecule has 0 amide bonds. The van der Waals surface area contributed by atoms with E-state index in [1.807, 2.05) is 32.2 Å². The molecule has 0 aromatic carbocycles. The van der Waals surface area contributed by atoms with Gasteiger partial charge in [-0.05, 0) is 26.0 Å². The van der Waals surface area contributed by atoms with E-state index in [2.05, 4.69) is 22.5 Å². The normalized spacial score (nSPS) is 12.2. The molecule has 0 aliphatic rings. The molecule has 4 heteroatoms. The van der Waals surface area contributed by atoms with Gasteiger partial charge in [0.25, 0.3) is 0 Å². The van der Waals surface area contributed by atoms with Crippen molar-refractivity contribution >= 4 is 11.6 Å². The highest BCUT2D eigenvalue weighted by Gasteiger charge is 2.02. The Morgan fingerprint density at radius 2 is 2.13 bits per heavy atom. The summed E-state index contributed by atoms with van der Waals surface area (Å²) < 4.78 is 5.32. The van der Waals surface area contributed by atoms with Crippen LogP contribution in [0.5, 0.6) is 0 Å². The molecule has 4 nitrogen and oxygen atoms in total. The van der Waals surface area contributed by atoms with Gasteiger partial charge in [-0.1, -0.05) is 6.07 Å². The lowest BCUT2D eigenvalue weighted by Crippen LogP contribution is -2.22. The van der Waals surface area contributed by atoms with Crippen LogP contribution in [0.25, 0.3) is 0 Å². The van der Waals surface area contributed by atoms with Gasteiger partial charge in [0, 0.05) is 19.7 Å². The Hall–Kier alpha value is -1.29. The zero-order valence-electron chi connectivity index (χ0n) is 9.58. The summed E-state index contributed by atoms with van der Waals surface area (Å²) in [5.41, 5.74) is 0. The number of hydrogen-bond donors (Lipinski definition) is 2. The van der Waals surface area contributed by atoms with Crippen LogP contribution in [0.3, 0.4) is 0 Å². The van der Waals surface area contributed by atoms with Crippen LogP contribution in [0.4, 0.5) is 11.6 Å². The zero-order valence-corrected chi connectivity index (χ0v) is 9.58. The highest BCUT2D eigenvalue weighted by molar-refractivity contribution is 5.45. The Morgan fingerprint density at radius 3 is 2.80 bits per heavy atom. The molecule has 1 rings (SSSR count). The number of nitrogens with one attached hydrogen (secondary N) is 2. The molecule has 1 heterocycles. The number of hydrogen-bond acceptors (Lipinski definition) is 4. The van der Waals surface area contributed by atoms with E-state index in [1.165, 1.54) is 0 Å². The summed E-state index contributed by atoms with van der Waals surface area (Å²) in [6.07, 6.45) is 0. The van der Waals surface area contributed by atoms with Gasteiger partial charge in [-0.15, -0.1) is 0 Å². The van der Waals surface area contributed by atoms with Crippen LogP contribution in [0, 0.1) is 0 Å². The van der Waals surface area contributed by atoms with E-state index >= 15 is 0 Å². The molecular formula is C11H19N3O. The van der Waals surface area contributed by atoms with Crippen LogP contribution in [0.2, 0.25) is 0 Å². The lowest BCUT2D eigenvalue weighted by atomic mass is 10.3. The van der Waals surface area contributed by atoms with Gasteiger partial charge in [0.15, 0.2) is 0 Å². The van der Waals surface area contributed by atoms with Crippen LogP contribution in [0.15, 0.2) is 18.2 Å². The molecule has 1 aromatic heterocycles. The van der Waals surface area contributed by atoms with Gasteiger partial charge in [0.2, 0.25) is 0 Å². The molecule has 0 saturated heterocycles. The standard InChI is InChI=1S/C11H19N3O/c1-4-15-8-9(2)13-11-7-5-6-10(12-3)14-11/h5-7,9H,4,8H2,1-3H3,(H2,12,13,14). The van der Waals surface area contributed by atoms with Crippen LogP contribution in [-0.2, 0) is 4.74 Å². The average Bonchev–Trinajstić information content (AvgIpc) is 2.26. The van der Waals surface area contributed by atoms with Crippen LogP contribution < -0.4 is 10.6 Å². The van der Waals surface area contributed by atoms with Crippen molar-refractivity contribution in [3.63, 3.8) is 0 Å². The van der Waals surface area contributed by atoms with Gasteiger partial charge in [-0.3, -0.25) is 0 Å². The van der Waals surface area contributed by atoms with E-state index in [0.717, 1.165) is 18.2 Å². The van der Waals surface area contributed by atoms with Crippen LogP contribution >= 0.6 is 0 Å². The largest absolute Gasteiger partial charge is 0.380 e. The first-order valence-electron chi connectivity index (χ1n) is 5.25. The van der Waals surface area contributed by atoms with E-state index in [0.29, 0.717) is 6.61 Å². The molecule has 0 spiro atoms. The summed E-state index contributed by atoms with van der Waals surface area (Å²) in [6.45, 7) is 5.51. The second-order valence-corrected chi connectivity index (χ2v) is 3.36. The predicted molar refractivity (Wildman–Crippen MR) is 63.4 cm³/mol. The van der Waals surface area contributed by atoms with Crippen molar-refractivity contribution in [2.24, 2.45) is 0 Å². The zero-order chi connectivity index (χ0) is 11.1. The lowest BCUT2D eigenvalue weighted by Gasteiger charge is -2.14. The first kappa shape index (κ1) is 11.8. The summed E-state index contributed by atoms with van der Waals surface area (Å²) in [6, 6.07) is 6.11. The smallest absolute Gasteiger partial charge is 0.128 e. The average molecular weight is 209 g/mol. The van der Waals surface area contributed by atoms with E-state index in [-0.39, 0.29) is 6.04 Å². The summed E-state index contributed by atoms with van der Waals surface area (Å²) in [5.74, 6) is 1.73. The first-order chi connectivity index (χ1) is 7.26. The van der Waals surface area contributed by atoms with E-state index in [9.17, 15) is 0 Å². The van der Waals surface area contributed by atoms with Crippen molar-refractivity contribution < 1.29 is 4.74 Å². The molecule has 0 aliphatic carbocycles. The maximum atomic E-state index is 5.32. The monoisotopic (exact) mass is 209 g/mol. The van der Waals surface area contributed by atoms with Crippen molar-refractivity contribution in [3.8, 4) is 0 Å². The summed E-state index contributed by atoms with van der Waals surface area (Å²) in [4.78, 5) is 4.36. The molecule has 0 radical (unpaired) electrons.